The molecule has 1 fully saturated rings. The van der Waals surface area contributed by atoms with Gasteiger partial charge in [-0.3, -0.25) is 10.2 Å². The van der Waals surface area contributed by atoms with Gasteiger partial charge in [0.1, 0.15) is 0 Å². The molecule has 1 aliphatic heterocycles. The topological polar surface area (TPSA) is 68.0 Å². The Kier molecular flexibility index (Phi) is 1.80. The van der Waals surface area contributed by atoms with Gasteiger partial charge in [0.25, 0.3) is 0 Å². The first-order valence-electron chi connectivity index (χ1n) is 3.11. The van der Waals surface area contributed by atoms with E-state index < -0.39 is 0 Å². The van der Waals surface area contributed by atoms with Gasteiger partial charge in [-0.05, 0) is 6.42 Å². The van der Waals surface area contributed by atoms with Gasteiger partial charge in [-0.25, -0.2) is 0 Å². The van der Waals surface area contributed by atoms with Crippen LogP contribution in [0.1, 0.15) is 6.42 Å². The molecule has 0 radical (unpaired) electrons. The Morgan fingerprint density at radius 2 is 2.30 bits per heavy atom. The molecule has 0 aliphatic carbocycles. The van der Waals surface area contributed by atoms with Gasteiger partial charge in [0.2, 0.25) is 5.91 Å². The molecule has 0 spiro atoms. The van der Waals surface area contributed by atoms with Crippen LogP contribution in [0.5, 0.6) is 0 Å². The Morgan fingerprint density at radius 1 is 1.60 bits per heavy atom. The molecule has 1 heterocycles. The van der Waals surface area contributed by atoms with Crippen LogP contribution in [0.15, 0.2) is 0 Å². The number of rotatable bonds is 2. The third-order valence-electron chi connectivity index (χ3n) is 1.64. The monoisotopic (exact) mass is 139 g/mol. The highest BCUT2D eigenvalue weighted by molar-refractivity contribution is 5.99. The van der Waals surface area contributed by atoms with Crippen LogP contribution in [0.4, 0.5) is 0 Å². The van der Waals surface area contributed by atoms with E-state index in [4.69, 9.17) is 10.8 Å². The van der Waals surface area contributed by atoms with Crippen LogP contribution in [0, 0.1) is 16.7 Å². The Balaban J connectivity index is 2.66. The molecule has 1 saturated heterocycles. The van der Waals surface area contributed by atoms with Crippen molar-refractivity contribution >= 4 is 18.5 Å². The van der Waals surface area contributed by atoms with E-state index in [0.717, 1.165) is 12.6 Å². The van der Waals surface area contributed by atoms with Gasteiger partial charge < -0.3 is 10.3 Å². The van der Waals surface area contributed by atoms with Crippen molar-refractivity contribution < 1.29 is 4.79 Å². The minimum absolute atomic E-state index is 0.120. The summed E-state index contributed by atoms with van der Waals surface area (Å²) in [6.07, 6.45) is 2.84. The Labute approximate surface area is 58.9 Å². The highest BCUT2D eigenvalue weighted by atomic mass is 16.2. The van der Waals surface area contributed by atoms with E-state index in [2.05, 4.69) is 0 Å². The zero-order valence-electron chi connectivity index (χ0n) is 5.50. The second-order valence-corrected chi connectivity index (χ2v) is 2.22. The Hall–Kier alpha value is -1.19. The van der Waals surface area contributed by atoms with E-state index in [1.807, 2.05) is 0 Å². The summed E-state index contributed by atoms with van der Waals surface area (Å²) in [5.41, 5.74) is 0. The summed E-state index contributed by atoms with van der Waals surface area (Å²) in [5.74, 6) is -0.397. The first kappa shape index (κ1) is 6.92. The maximum Gasteiger partial charge on any atom is 0.236 e. The summed E-state index contributed by atoms with van der Waals surface area (Å²) in [5, 5.41) is 13.6. The first-order chi connectivity index (χ1) is 4.79. The van der Waals surface area contributed by atoms with Crippen molar-refractivity contribution in [3.63, 3.8) is 0 Å². The van der Waals surface area contributed by atoms with E-state index in [1.165, 1.54) is 4.90 Å². The summed E-state index contributed by atoms with van der Waals surface area (Å²) in [6, 6.07) is 0. The average molecular weight is 139 g/mol. The summed E-state index contributed by atoms with van der Waals surface area (Å²) in [7, 11) is 0. The fourth-order valence-electron chi connectivity index (χ4n) is 1.01. The summed E-state index contributed by atoms with van der Waals surface area (Å²) in [4.78, 5) is 12.3. The number of nitrogens with zero attached hydrogens (tertiary/aromatic N) is 1. The van der Waals surface area contributed by atoms with Crippen LogP contribution in [-0.2, 0) is 4.79 Å². The molecule has 1 unspecified atom stereocenters. The van der Waals surface area contributed by atoms with Crippen molar-refractivity contribution in [3.05, 3.63) is 0 Å². The van der Waals surface area contributed by atoms with Crippen LogP contribution in [0.3, 0.4) is 0 Å². The molecule has 2 N–H and O–H groups in total. The lowest BCUT2D eigenvalue weighted by molar-refractivity contribution is -0.125. The number of amides is 1. The van der Waals surface area contributed by atoms with Gasteiger partial charge in [-0.2, -0.15) is 0 Å². The van der Waals surface area contributed by atoms with Crippen molar-refractivity contribution in [1.29, 1.82) is 10.8 Å². The van der Waals surface area contributed by atoms with E-state index in [0.29, 0.717) is 13.0 Å². The maximum atomic E-state index is 11.0. The molecule has 10 heavy (non-hydrogen) atoms. The second-order valence-electron chi connectivity index (χ2n) is 2.22. The SMILES string of the molecule is N=CC1CCN(C=N)C1=O. The molecular formula is C6H9N3O. The molecule has 4 heteroatoms. The van der Waals surface area contributed by atoms with E-state index in [1.54, 1.807) is 0 Å². The minimum atomic E-state index is -0.276. The molecule has 0 aromatic rings. The number of hydrogen-bond acceptors (Lipinski definition) is 3. The normalized spacial score (nSPS) is 25.0. The fraction of sp³-hybridized carbons (Fsp3) is 0.500. The van der Waals surface area contributed by atoms with Crippen LogP contribution >= 0.6 is 0 Å². The molecule has 0 bridgehead atoms. The summed E-state index contributed by atoms with van der Waals surface area (Å²) < 4.78 is 0. The Bertz CT molecular complexity index is 160. The molecule has 1 amide bonds. The van der Waals surface area contributed by atoms with Crippen molar-refractivity contribution in [1.82, 2.24) is 4.90 Å². The lowest BCUT2D eigenvalue weighted by Gasteiger charge is -2.05. The molecule has 0 saturated carbocycles. The van der Waals surface area contributed by atoms with Gasteiger partial charge in [-0.15, -0.1) is 0 Å². The van der Waals surface area contributed by atoms with Crippen molar-refractivity contribution in [3.8, 4) is 0 Å². The van der Waals surface area contributed by atoms with Crippen molar-refractivity contribution in [2.75, 3.05) is 6.54 Å². The zero-order chi connectivity index (χ0) is 7.56. The Morgan fingerprint density at radius 3 is 2.60 bits per heavy atom. The first-order valence-corrected chi connectivity index (χ1v) is 3.11. The van der Waals surface area contributed by atoms with Crippen LogP contribution < -0.4 is 0 Å². The number of carbonyl (C=O) groups excluding carboxylic acids is 1. The summed E-state index contributed by atoms with van der Waals surface area (Å²) >= 11 is 0. The van der Waals surface area contributed by atoms with Crippen LogP contribution in [0.25, 0.3) is 0 Å². The average Bonchev–Trinajstić information content (AvgIpc) is 2.30. The zero-order valence-corrected chi connectivity index (χ0v) is 5.50. The van der Waals surface area contributed by atoms with E-state index >= 15 is 0 Å². The predicted octanol–water partition coefficient (Wildman–Crippen LogP) is 0.0915. The van der Waals surface area contributed by atoms with Crippen molar-refractivity contribution in [2.24, 2.45) is 5.92 Å². The molecular weight excluding hydrogens is 130 g/mol. The maximum absolute atomic E-state index is 11.0. The van der Waals surface area contributed by atoms with Gasteiger partial charge in [0.15, 0.2) is 0 Å². The van der Waals surface area contributed by atoms with Crippen LogP contribution in [0.2, 0.25) is 0 Å². The van der Waals surface area contributed by atoms with Crippen LogP contribution in [-0.4, -0.2) is 29.9 Å². The number of carbonyl (C=O) groups is 1. The number of nitrogens with one attached hydrogen (secondary N) is 2. The highest BCUT2D eigenvalue weighted by Gasteiger charge is 2.28. The van der Waals surface area contributed by atoms with Gasteiger partial charge >= 0.3 is 0 Å². The summed E-state index contributed by atoms with van der Waals surface area (Å²) in [6.45, 7) is 0.586. The molecule has 4 nitrogen and oxygen atoms in total. The lowest BCUT2D eigenvalue weighted by atomic mass is 10.1. The van der Waals surface area contributed by atoms with Gasteiger partial charge in [0.05, 0.1) is 12.3 Å². The largest absolute Gasteiger partial charge is 0.312 e. The molecule has 1 aliphatic rings. The number of hydrogen-bond donors (Lipinski definition) is 2. The predicted molar refractivity (Wildman–Crippen MR) is 37.4 cm³/mol. The molecule has 1 rings (SSSR count). The molecule has 1 atom stereocenters. The van der Waals surface area contributed by atoms with E-state index in [9.17, 15) is 4.79 Å². The van der Waals surface area contributed by atoms with Crippen molar-refractivity contribution in [2.45, 2.75) is 6.42 Å². The van der Waals surface area contributed by atoms with Gasteiger partial charge in [0, 0.05) is 12.8 Å². The fourth-order valence-corrected chi connectivity index (χ4v) is 1.01. The molecule has 0 aromatic heterocycles. The lowest BCUT2D eigenvalue weighted by Crippen LogP contribution is -2.25. The highest BCUT2D eigenvalue weighted by Crippen LogP contribution is 2.13. The third-order valence-corrected chi connectivity index (χ3v) is 1.64. The number of likely N-dealkylation sites (tertiary alicyclic amines) is 1. The van der Waals surface area contributed by atoms with E-state index in [-0.39, 0.29) is 11.8 Å². The quantitative estimate of drug-likeness (QED) is 0.413. The smallest absolute Gasteiger partial charge is 0.236 e. The third kappa shape index (κ3) is 0.920. The molecule has 0 aromatic carbocycles. The molecule has 54 valence electrons. The standard InChI is InChI=1S/C6H9N3O/c7-3-5-1-2-9(4-8)6(5)10/h3-5,7-8H,1-2H2. The van der Waals surface area contributed by atoms with Gasteiger partial charge in [-0.1, -0.05) is 0 Å². The second kappa shape index (κ2) is 2.60. The minimum Gasteiger partial charge on any atom is -0.312 e.